The molecule has 0 bridgehead atoms. The fraction of sp³-hybridized carbons (Fsp3) is 0.292. The fourth-order valence-electron chi connectivity index (χ4n) is 3.95. The van der Waals surface area contributed by atoms with Crippen LogP contribution < -0.4 is 0 Å². The second-order valence-electron chi connectivity index (χ2n) is 7.94. The number of hydrogen-bond acceptors (Lipinski definition) is 3. The largest absolute Gasteiger partial charge is 0.416 e. The van der Waals surface area contributed by atoms with Crippen LogP contribution in [0.3, 0.4) is 0 Å². The van der Waals surface area contributed by atoms with Crippen molar-refractivity contribution in [3.63, 3.8) is 0 Å². The van der Waals surface area contributed by atoms with Gasteiger partial charge < -0.3 is 4.90 Å². The fourth-order valence-corrected chi connectivity index (χ4v) is 3.95. The van der Waals surface area contributed by atoms with Gasteiger partial charge in [0.2, 0.25) is 0 Å². The Kier molecular flexibility index (Phi) is 6.12. The Morgan fingerprint density at radius 1 is 1.00 bits per heavy atom. The summed E-state index contributed by atoms with van der Waals surface area (Å²) >= 11 is 0. The maximum Gasteiger partial charge on any atom is 0.416 e. The molecular formula is C24H22F3N3O2. The molecule has 0 unspecified atom stereocenters. The van der Waals surface area contributed by atoms with Crippen LogP contribution in [-0.4, -0.2) is 39.5 Å². The molecule has 2 aromatic carbocycles. The summed E-state index contributed by atoms with van der Waals surface area (Å²) in [5.74, 6) is -0.881. The zero-order valence-corrected chi connectivity index (χ0v) is 17.3. The number of ketones is 1. The van der Waals surface area contributed by atoms with Crippen LogP contribution in [0.1, 0.15) is 44.7 Å². The van der Waals surface area contributed by atoms with Gasteiger partial charge in [-0.15, -0.1) is 0 Å². The number of benzene rings is 2. The van der Waals surface area contributed by atoms with Gasteiger partial charge in [0.15, 0.2) is 5.78 Å². The van der Waals surface area contributed by atoms with Crippen molar-refractivity contribution in [3.8, 4) is 0 Å². The van der Waals surface area contributed by atoms with E-state index in [9.17, 15) is 22.8 Å². The van der Waals surface area contributed by atoms with Crippen molar-refractivity contribution in [3.05, 3.63) is 89.2 Å². The second kappa shape index (κ2) is 8.98. The van der Waals surface area contributed by atoms with Crippen molar-refractivity contribution in [2.45, 2.75) is 25.6 Å². The molecule has 3 aromatic rings. The van der Waals surface area contributed by atoms with E-state index in [2.05, 4.69) is 5.10 Å². The van der Waals surface area contributed by atoms with E-state index < -0.39 is 17.7 Å². The lowest BCUT2D eigenvalue weighted by molar-refractivity contribution is -0.137. The smallest absolute Gasteiger partial charge is 0.338 e. The van der Waals surface area contributed by atoms with E-state index >= 15 is 0 Å². The highest BCUT2D eigenvalue weighted by Gasteiger charge is 2.32. The number of aromatic nitrogens is 2. The average Bonchev–Trinajstić information content (AvgIpc) is 3.27. The summed E-state index contributed by atoms with van der Waals surface area (Å²) in [6.07, 6.45) is 0.0155. The van der Waals surface area contributed by atoms with Gasteiger partial charge in [-0.25, -0.2) is 0 Å². The maximum atomic E-state index is 13.0. The van der Waals surface area contributed by atoms with Gasteiger partial charge in [-0.2, -0.15) is 18.3 Å². The SMILES string of the molecule is O=C(c1ccc(C(F)(F)F)cc1)[C@H]1CCCN(C(=O)c2cnn(Cc3ccccc3)c2)C1. The number of hydrogen-bond donors (Lipinski definition) is 0. The molecule has 4 rings (SSSR count). The van der Waals surface area contributed by atoms with E-state index in [1.165, 1.54) is 18.3 Å². The summed E-state index contributed by atoms with van der Waals surface area (Å²) in [5.41, 5.74) is 0.952. The number of nitrogens with zero attached hydrogens (tertiary/aromatic N) is 3. The number of Topliss-reactive ketones (excluding diaryl/α,β-unsaturated/α-hetero) is 1. The number of piperidine rings is 1. The van der Waals surface area contributed by atoms with Crippen molar-refractivity contribution >= 4 is 11.7 Å². The quantitative estimate of drug-likeness (QED) is 0.540. The number of alkyl halides is 3. The standard InChI is InChI=1S/C24H22F3N3O2/c25-24(26,27)21-10-8-18(9-11-21)22(31)19-7-4-12-29(15-19)23(32)20-13-28-30(16-20)14-17-5-2-1-3-6-17/h1-3,5-6,8-11,13,16,19H,4,7,12,14-15H2/t19-/m0/s1. The average molecular weight is 441 g/mol. The highest BCUT2D eigenvalue weighted by Crippen LogP contribution is 2.30. The van der Waals surface area contributed by atoms with Crippen molar-refractivity contribution < 1.29 is 22.8 Å². The van der Waals surface area contributed by atoms with Gasteiger partial charge in [-0.1, -0.05) is 42.5 Å². The Morgan fingerprint density at radius 3 is 2.41 bits per heavy atom. The van der Waals surface area contributed by atoms with Crippen LogP contribution >= 0.6 is 0 Å². The Morgan fingerprint density at radius 2 is 1.72 bits per heavy atom. The van der Waals surface area contributed by atoms with E-state index in [0.717, 1.165) is 17.7 Å². The van der Waals surface area contributed by atoms with Crippen molar-refractivity contribution in [1.29, 1.82) is 0 Å². The molecule has 1 aliphatic heterocycles. The molecule has 0 saturated carbocycles. The number of halogens is 3. The first-order valence-corrected chi connectivity index (χ1v) is 10.4. The zero-order chi connectivity index (χ0) is 22.7. The third-order valence-corrected chi connectivity index (χ3v) is 5.64. The lowest BCUT2D eigenvalue weighted by Gasteiger charge is -2.31. The summed E-state index contributed by atoms with van der Waals surface area (Å²) in [7, 11) is 0. The molecule has 1 aromatic heterocycles. The third-order valence-electron chi connectivity index (χ3n) is 5.64. The molecule has 1 saturated heterocycles. The second-order valence-corrected chi connectivity index (χ2v) is 7.94. The zero-order valence-electron chi connectivity index (χ0n) is 17.3. The van der Waals surface area contributed by atoms with Crippen LogP contribution in [0, 0.1) is 5.92 Å². The Bertz CT molecular complexity index is 1090. The van der Waals surface area contributed by atoms with Gasteiger partial charge in [0.1, 0.15) is 0 Å². The minimum absolute atomic E-state index is 0.200. The predicted molar refractivity (Wildman–Crippen MR) is 112 cm³/mol. The minimum atomic E-state index is -4.44. The molecule has 1 amide bonds. The highest BCUT2D eigenvalue weighted by molar-refractivity contribution is 5.99. The molecule has 2 heterocycles. The first-order valence-electron chi connectivity index (χ1n) is 10.4. The van der Waals surface area contributed by atoms with E-state index in [0.29, 0.717) is 31.5 Å². The molecular weight excluding hydrogens is 419 g/mol. The van der Waals surface area contributed by atoms with Crippen LogP contribution in [0.25, 0.3) is 0 Å². The molecule has 1 fully saturated rings. The third kappa shape index (κ3) is 4.90. The lowest BCUT2D eigenvalue weighted by Crippen LogP contribution is -2.42. The molecule has 0 spiro atoms. The van der Waals surface area contributed by atoms with E-state index in [1.807, 2.05) is 30.3 Å². The lowest BCUT2D eigenvalue weighted by atomic mass is 9.89. The van der Waals surface area contributed by atoms with Crippen molar-refractivity contribution in [2.24, 2.45) is 5.92 Å². The van der Waals surface area contributed by atoms with E-state index in [1.54, 1.807) is 15.8 Å². The molecule has 5 nitrogen and oxygen atoms in total. The topological polar surface area (TPSA) is 55.2 Å². The first-order chi connectivity index (χ1) is 15.3. The van der Waals surface area contributed by atoms with Gasteiger partial charge >= 0.3 is 6.18 Å². The Hall–Kier alpha value is -3.42. The Balaban J connectivity index is 1.41. The molecule has 0 N–H and O–H groups in total. The monoisotopic (exact) mass is 441 g/mol. The molecule has 0 radical (unpaired) electrons. The van der Waals surface area contributed by atoms with Crippen LogP contribution in [-0.2, 0) is 12.7 Å². The van der Waals surface area contributed by atoms with Gasteiger partial charge in [0.05, 0.1) is 23.9 Å². The molecule has 32 heavy (non-hydrogen) atoms. The predicted octanol–water partition coefficient (Wildman–Crippen LogP) is 4.69. The van der Waals surface area contributed by atoms with Crippen LogP contribution in [0.4, 0.5) is 13.2 Å². The van der Waals surface area contributed by atoms with Gasteiger partial charge in [0, 0.05) is 30.8 Å². The summed E-state index contributed by atoms with van der Waals surface area (Å²) in [6, 6.07) is 14.0. The number of rotatable bonds is 5. The number of carbonyl (C=O) groups excluding carboxylic acids is 2. The van der Waals surface area contributed by atoms with Crippen LogP contribution in [0.5, 0.6) is 0 Å². The summed E-state index contributed by atoms with van der Waals surface area (Å²) in [6.45, 7) is 1.31. The molecule has 8 heteroatoms. The normalized spacial score (nSPS) is 16.7. The molecule has 0 aliphatic carbocycles. The molecule has 166 valence electrons. The number of amides is 1. The highest BCUT2D eigenvalue weighted by atomic mass is 19.4. The minimum Gasteiger partial charge on any atom is -0.338 e. The first kappa shape index (κ1) is 21.8. The van der Waals surface area contributed by atoms with E-state index in [4.69, 9.17) is 0 Å². The maximum absolute atomic E-state index is 13.0. The molecule has 1 aliphatic rings. The summed E-state index contributed by atoms with van der Waals surface area (Å²) in [5, 5.41) is 4.27. The van der Waals surface area contributed by atoms with Gasteiger partial charge in [-0.3, -0.25) is 14.3 Å². The van der Waals surface area contributed by atoms with Crippen molar-refractivity contribution in [1.82, 2.24) is 14.7 Å². The summed E-state index contributed by atoms with van der Waals surface area (Å²) in [4.78, 5) is 27.4. The van der Waals surface area contributed by atoms with E-state index in [-0.39, 0.29) is 23.8 Å². The summed E-state index contributed by atoms with van der Waals surface area (Å²) < 4.78 is 40.0. The molecule has 1 atom stereocenters. The number of carbonyl (C=O) groups is 2. The van der Waals surface area contributed by atoms with Gasteiger partial charge in [0.25, 0.3) is 5.91 Å². The van der Waals surface area contributed by atoms with Crippen LogP contribution in [0.2, 0.25) is 0 Å². The number of likely N-dealkylation sites (tertiary alicyclic amines) is 1. The van der Waals surface area contributed by atoms with Crippen molar-refractivity contribution in [2.75, 3.05) is 13.1 Å². The van der Waals surface area contributed by atoms with Crippen LogP contribution in [0.15, 0.2) is 67.0 Å². The Labute approximate surface area is 183 Å². The van der Waals surface area contributed by atoms with Gasteiger partial charge in [-0.05, 0) is 30.5 Å².